The fraction of sp³-hybridized carbons (Fsp3) is 0.923. The van der Waals surface area contributed by atoms with E-state index in [1.807, 2.05) is 4.90 Å². The lowest BCUT2D eigenvalue weighted by Gasteiger charge is -2.37. The molecule has 2 rings (SSSR count). The molecule has 2 saturated heterocycles. The molecule has 0 N–H and O–H groups in total. The highest BCUT2D eigenvalue weighted by Crippen LogP contribution is 2.22. The number of carbonyl (C=O) groups is 1. The van der Waals surface area contributed by atoms with Gasteiger partial charge in [-0.1, -0.05) is 0 Å². The van der Waals surface area contributed by atoms with Gasteiger partial charge < -0.3 is 9.80 Å². The molecule has 0 saturated carbocycles. The maximum atomic E-state index is 12.4. The maximum Gasteiger partial charge on any atom is 0.225 e. The number of likely N-dealkylation sites (N-methyl/N-ethyl adjacent to an activating group) is 1. The highest BCUT2D eigenvalue weighted by atomic mass is 32.2. The summed E-state index contributed by atoms with van der Waals surface area (Å²) in [5.74, 6) is 0.359. The highest BCUT2D eigenvalue weighted by Gasteiger charge is 2.32. The second-order valence-corrected chi connectivity index (χ2v) is 7.96. The quantitative estimate of drug-likeness (QED) is 0.726. The van der Waals surface area contributed by atoms with E-state index >= 15 is 0 Å². The molecular weight excluding hydrogens is 278 g/mol. The number of sulfonamides is 1. The van der Waals surface area contributed by atoms with Crippen molar-refractivity contribution in [2.75, 3.05) is 52.1 Å². The van der Waals surface area contributed by atoms with E-state index in [4.69, 9.17) is 0 Å². The van der Waals surface area contributed by atoms with Crippen LogP contribution >= 0.6 is 0 Å². The number of hydrogen-bond donors (Lipinski definition) is 0. The van der Waals surface area contributed by atoms with Gasteiger partial charge in [0.1, 0.15) is 0 Å². The third-order valence-electron chi connectivity index (χ3n) is 4.38. The minimum atomic E-state index is -3.10. The first-order chi connectivity index (χ1) is 9.44. The summed E-state index contributed by atoms with van der Waals surface area (Å²) in [5.41, 5.74) is 0. The second kappa shape index (κ2) is 6.41. The van der Waals surface area contributed by atoms with Crippen molar-refractivity contribution < 1.29 is 13.2 Å². The standard InChI is InChI=1S/C13H25N3O3S/c1-3-20(18,19)16-6-4-12(5-7-16)13(17)15-10-8-14(2)9-11-15/h12H,3-11H2,1-2H3. The number of piperazine rings is 1. The summed E-state index contributed by atoms with van der Waals surface area (Å²) in [6.07, 6.45) is 1.31. The Labute approximate surface area is 121 Å². The molecule has 0 spiro atoms. The Morgan fingerprint density at radius 1 is 1.05 bits per heavy atom. The molecule has 0 unspecified atom stereocenters. The van der Waals surface area contributed by atoms with Crippen LogP contribution in [-0.4, -0.2) is 80.5 Å². The molecule has 7 heteroatoms. The van der Waals surface area contributed by atoms with Crippen LogP contribution < -0.4 is 0 Å². The Kier molecular flexibility index (Phi) is 5.04. The summed E-state index contributed by atoms with van der Waals surface area (Å²) in [4.78, 5) is 16.6. The van der Waals surface area contributed by atoms with Crippen molar-refractivity contribution in [3.63, 3.8) is 0 Å². The summed E-state index contributed by atoms with van der Waals surface area (Å²) >= 11 is 0. The molecule has 20 heavy (non-hydrogen) atoms. The zero-order valence-electron chi connectivity index (χ0n) is 12.4. The van der Waals surface area contributed by atoms with Crippen molar-refractivity contribution >= 4 is 15.9 Å². The van der Waals surface area contributed by atoms with Crippen molar-refractivity contribution in [2.45, 2.75) is 19.8 Å². The van der Waals surface area contributed by atoms with Crippen molar-refractivity contribution in [1.29, 1.82) is 0 Å². The van der Waals surface area contributed by atoms with Crippen LogP contribution in [0.2, 0.25) is 0 Å². The van der Waals surface area contributed by atoms with Crippen LogP contribution in [-0.2, 0) is 14.8 Å². The maximum absolute atomic E-state index is 12.4. The van der Waals surface area contributed by atoms with Gasteiger partial charge in [0.05, 0.1) is 5.75 Å². The molecular formula is C13H25N3O3S. The van der Waals surface area contributed by atoms with E-state index in [2.05, 4.69) is 11.9 Å². The highest BCUT2D eigenvalue weighted by molar-refractivity contribution is 7.89. The fourth-order valence-corrected chi connectivity index (χ4v) is 3.98. The summed E-state index contributed by atoms with van der Waals surface area (Å²) in [6.45, 7) is 6.08. The summed E-state index contributed by atoms with van der Waals surface area (Å²) < 4.78 is 25.1. The van der Waals surface area contributed by atoms with Gasteiger partial charge in [-0.2, -0.15) is 0 Å². The average Bonchev–Trinajstić information content (AvgIpc) is 2.47. The summed E-state index contributed by atoms with van der Waals surface area (Å²) in [6, 6.07) is 0. The van der Waals surface area contributed by atoms with Gasteiger partial charge in [0.25, 0.3) is 0 Å². The Morgan fingerprint density at radius 2 is 1.60 bits per heavy atom. The molecule has 0 radical (unpaired) electrons. The molecule has 0 aromatic rings. The second-order valence-electron chi connectivity index (χ2n) is 5.70. The van der Waals surface area contributed by atoms with Crippen LogP contribution in [0.15, 0.2) is 0 Å². The molecule has 116 valence electrons. The minimum absolute atomic E-state index is 0.00159. The lowest BCUT2D eigenvalue weighted by atomic mass is 9.96. The molecule has 2 aliphatic heterocycles. The monoisotopic (exact) mass is 303 g/mol. The van der Waals surface area contributed by atoms with E-state index in [9.17, 15) is 13.2 Å². The van der Waals surface area contributed by atoms with Crippen molar-refractivity contribution in [3.8, 4) is 0 Å². The van der Waals surface area contributed by atoms with Gasteiger partial charge >= 0.3 is 0 Å². The van der Waals surface area contributed by atoms with Crippen LogP contribution in [0.25, 0.3) is 0 Å². The number of amides is 1. The third kappa shape index (κ3) is 3.51. The van der Waals surface area contributed by atoms with Gasteiger partial charge in [-0.05, 0) is 26.8 Å². The largest absolute Gasteiger partial charge is 0.340 e. The fourth-order valence-electron chi connectivity index (χ4n) is 2.85. The molecule has 0 atom stereocenters. The number of rotatable bonds is 3. The number of carbonyl (C=O) groups excluding carboxylic acids is 1. The Hall–Kier alpha value is -0.660. The van der Waals surface area contributed by atoms with E-state index in [-0.39, 0.29) is 17.6 Å². The Bertz CT molecular complexity index is 436. The van der Waals surface area contributed by atoms with E-state index < -0.39 is 10.0 Å². The van der Waals surface area contributed by atoms with E-state index in [0.29, 0.717) is 25.9 Å². The van der Waals surface area contributed by atoms with Crippen LogP contribution in [0.1, 0.15) is 19.8 Å². The smallest absolute Gasteiger partial charge is 0.225 e. The van der Waals surface area contributed by atoms with Gasteiger partial charge in [-0.15, -0.1) is 0 Å². The number of hydrogen-bond acceptors (Lipinski definition) is 4. The third-order valence-corrected chi connectivity index (χ3v) is 6.26. The van der Waals surface area contributed by atoms with Crippen LogP contribution in [0.3, 0.4) is 0 Å². The summed E-state index contributed by atoms with van der Waals surface area (Å²) in [5, 5.41) is 0. The Balaban J connectivity index is 1.86. The van der Waals surface area contributed by atoms with E-state index in [0.717, 1.165) is 26.2 Å². The lowest BCUT2D eigenvalue weighted by molar-refractivity contribution is -0.138. The van der Waals surface area contributed by atoms with Gasteiger partial charge in [0, 0.05) is 45.2 Å². The average molecular weight is 303 g/mol. The van der Waals surface area contributed by atoms with E-state index in [1.54, 1.807) is 6.92 Å². The molecule has 2 aliphatic rings. The van der Waals surface area contributed by atoms with Gasteiger partial charge in [0.2, 0.25) is 15.9 Å². The number of piperidine rings is 1. The lowest BCUT2D eigenvalue weighted by Crippen LogP contribution is -2.51. The summed E-state index contributed by atoms with van der Waals surface area (Å²) in [7, 11) is -1.04. The minimum Gasteiger partial charge on any atom is -0.340 e. The van der Waals surface area contributed by atoms with Gasteiger partial charge in [-0.25, -0.2) is 12.7 Å². The predicted molar refractivity (Wildman–Crippen MR) is 77.8 cm³/mol. The molecule has 1 amide bonds. The molecule has 0 aromatic carbocycles. The topological polar surface area (TPSA) is 60.9 Å². The first kappa shape index (κ1) is 15.7. The van der Waals surface area contributed by atoms with Crippen molar-refractivity contribution in [3.05, 3.63) is 0 Å². The van der Waals surface area contributed by atoms with Crippen LogP contribution in [0, 0.1) is 5.92 Å². The van der Waals surface area contributed by atoms with Crippen molar-refractivity contribution in [2.24, 2.45) is 5.92 Å². The molecule has 6 nitrogen and oxygen atoms in total. The normalized spacial score (nSPS) is 24.0. The molecule has 0 bridgehead atoms. The Morgan fingerprint density at radius 3 is 2.10 bits per heavy atom. The number of nitrogens with zero attached hydrogens (tertiary/aromatic N) is 3. The van der Waals surface area contributed by atoms with Crippen molar-refractivity contribution in [1.82, 2.24) is 14.1 Å². The predicted octanol–water partition coefficient (Wildman–Crippen LogP) is -0.178. The molecule has 2 heterocycles. The SMILES string of the molecule is CCS(=O)(=O)N1CCC(C(=O)N2CCN(C)CC2)CC1. The van der Waals surface area contributed by atoms with Crippen LogP contribution in [0.5, 0.6) is 0 Å². The molecule has 0 aromatic heterocycles. The first-order valence-electron chi connectivity index (χ1n) is 7.39. The van der Waals surface area contributed by atoms with Gasteiger partial charge in [0.15, 0.2) is 0 Å². The zero-order valence-corrected chi connectivity index (χ0v) is 13.2. The molecule has 2 fully saturated rings. The van der Waals surface area contributed by atoms with E-state index in [1.165, 1.54) is 4.31 Å². The van der Waals surface area contributed by atoms with Gasteiger partial charge in [-0.3, -0.25) is 4.79 Å². The first-order valence-corrected chi connectivity index (χ1v) is 9.00. The zero-order chi connectivity index (χ0) is 14.8. The van der Waals surface area contributed by atoms with Crippen LogP contribution in [0.4, 0.5) is 0 Å². The molecule has 0 aliphatic carbocycles.